The molecule has 3 unspecified atom stereocenters. The Morgan fingerprint density at radius 3 is 2.55 bits per heavy atom. The van der Waals surface area contributed by atoms with Crippen LogP contribution in [0.4, 0.5) is 0 Å². The normalized spacial score (nSPS) is 23.6. The van der Waals surface area contributed by atoms with E-state index in [0.717, 1.165) is 24.0 Å². The fourth-order valence-corrected chi connectivity index (χ4v) is 2.54. The van der Waals surface area contributed by atoms with E-state index in [9.17, 15) is 4.79 Å². The molecule has 0 N–H and O–H groups in total. The minimum Gasteiger partial charge on any atom is -0.370 e. The highest BCUT2D eigenvalue weighted by atomic mass is 16.5. The molecule has 3 atom stereocenters. The molecule has 2 heteroatoms. The first-order valence-corrected chi connectivity index (χ1v) is 7.45. The summed E-state index contributed by atoms with van der Waals surface area (Å²) >= 11 is 0. The number of carbonyl (C=O) groups excluding carboxylic acids is 1. The van der Waals surface area contributed by atoms with Crippen molar-refractivity contribution in [2.75, 3.05) is 6.61 Å². The van der Waals surface area contributed by atoms with E-state index >= 15 is 0 Å². The van der Waals surface area contributed by atoms with Crippen LogP contribution in [0.1, 0.15) is 42.6 Å². The molecule has 20 heavy (non-hydrogen) atoms. The lowest BCUT2D eigenvalue weighted by atomic mass is 9.85. The van der Waals surface area contributed by atoms with Crippen LogP contribution in [0.2, 0.25) is 0 Å². The molecule has 0 radical (unpaired) electrons. The zero-order chi connectivity index (χ0) is 14.5. The number of allylic oxidation sites excluding steroid dienone is 2. The number of carbonyl (C=O) groups is 1. The van der Waals surface area contributed by atoms with E-state index in [4.69, 9.17) is 4.74 Å². The molecule has 1 aliphatic rings. The summed E-state index contributed by atoms with van der Waals surface area (Å²) in [5, 5.41) is 0. The van der Waals surface area contributed by atoms with Crippen molar-refractivity contribution in [2.45, 2.75) is 39.7 Å². The van der Waals surface area contributed by atoms with Gasteiger partial charge < -0.3 is 4.74 Å². The van der Waals surface area contributed by atoms with Gasteiger partial charge in [-0.2, -0.15) is 0 Å². The van der Waals surface area contributed by atoms with Crippen molar-refractivity contribution in [1.29, 1.82) is 0 Å². The summed E-state index contributed by atoms with van der Waals surface area (Å²) in [6.45, 7) is 6.80. The van der Waals surface area contributed by atoms with Crippen molar-refractivity contribution >= 4 is 5.78 Å². The Balaban J connectivity index is 1.88. The van der Waals surface area contributed by atoms with Crippen LogP contribution in [0.15, 0.2) is 36.4 Å². The molecule has 0 saturated heterocycles. The molecule has 108 valence electrons. The summed E-state index contributed by atoms with van der Waals surface area (Å²) in [5.41, 5.74) is 1.90. The highest BCUT2D eigenvalue weighted by molar-refractivity contribution is 5.99. The van der Waals surface area contributed by atoms with E-state index in [1.165, 1.54) is 0 Å². The predicted octanol–water partition coefficient (Wildman–Crippen LogP) is 4.19. The van der Waals surface area contributed by atoms with Gasteiger partial charge in [-0.05, 0) is 38.5 Å². The Labute approximate surface area is 121 Å². The lowest BCUT2D eigenvalue weighted by molar-refractivity contribution is 0.0256. The topological polar surface area (TPSA) is 26.3 Å². The van der Waals surface area contributed by atoms with Gasteiger partial charge in [-0.25, -0.2) is 0 Å². The first-order chi connectivity index (χ1) is 9.58. The summed E-state index contributed by atoms with van der Waals surface area (Å²) in [7, 11) is 0. The molecule has 0 aliphatic heterocycles. The van der Waals surface area contributed by atoms with Crippen molar-refractivity contribution in [3.05, 3.63) is 47.5 Å². The minimum absolute atomic E-state index is 0.0732. The molecule has 1 aliphatic carbocycles. The van der Waals surface area contributed by atoms with E-state index in [0.29, 0.717) is 18.4 Å². The molecule has 0 amide bonds. The second-order valence-corrected chi connectivity index (χ2v) is 5.89. The maximum absolute atomic E-state index is 12.3. The Hall–Kier alpha value is -1.41. The molecule has 2 rings (SSSR count). The fourth-order valence-electron chi connectivity index (χ4n) is 2.54. The monoisotopic (exact) mass is 272 g/mol. The van der Waals surface area contributed by atoms with Gasteiger partial charge in [0.2, 0.25) is 0 Å². The lowest BCUT2D eigenvalue weighted by Crippen LogP contribution is -2.27. The zero-order valence-corrected chi connectivity index (χ0v) is 12.6. The maximum Gasteiger partial charge on any atom is 0.191 e. The molecular formula is C18H24O2. The number of ketones is 1. The molecule has 0 heterocycles. The third kappa shape index (κ3) is 3.80. The van der Waals surface area contributed by atoms with Crippen LogP contribution in [0.25, 0.3) is 0 Å². The molecule has 0 aromatic heterocycles. The number of hydrogen-bond donors (Lipinski definition) is 0. The van der Waals surface area contributed by atoms with E-state index < -0.39 is 0 Å². The Morgan fingerprint density at radius 2 is 1.90 bits per heavy atom. The van der Waals surface area contributed by atoms with Crippen LogP contribution in [-0.4, -0.2) is 18.5 Å². The lowest BCUT2D eigenvalue weighted by Gasteiger charge is -2.26. The summed E-state index contributed by atoms with van der Waals surface area (Å²) in [4.78, 5) is 12.3. The van der Waals surface area contributed by atoms with Gasteiger partial charge in [0.25, 0.3) is 0 Å². The first kappa shape index (κ1) is 15.0. The average Bonchev–Trinajstić information content (AvgIpc) is 2.46. The Morgan fingerprint density at radius 1 is 1.25 bits per heavy atom. The van der Waals surface area contributed by atoms with Crippen molar-refractivity contribution in [1.82, 2.24) is 0 Å². The van der Waals surface area contributed by atoms with Gasteiger partial charge >= 0.3 is 0 Å². The molecule has 1 aromatic rings. The van der Waals surface area contributed by atoms with Gasteiger partial charge in [0, 0.05) is 5.56 Å². The quantitative estimate of drug-likeness (QED) is 0.593. The number of hydrogen-bond acceptors (Lipinski definition) is 2. The van der Waals surface area contributed by atoms with Crippen LogP contribution in [0, 0.1) is 18.8 Å². The van der Waals surface area contributed by atoms with Crippen LogP contribution in [0.5, 0.6) is 0 Å². The van der Waals surface area contributed by atoms with Gasteiger partial charge in [0.15, 0.2) is 5.78 Å². The molecule has 0 spiro atoms. The van der Waals surface area contributed by atoms with Crippen molar-refractivity contribution in [2.24, 2.45) is 11.8 Å². The van der Waals surface area contributed by atoms with Gasteiger partial charge in [0.05, 0.1) is 6.61 Å². The molecular weight excluding hydrogens is 248 g/mol. The van der Waals surface area contributed by atoms with E-state index in [1.807, 2.05) is 38.1 Å². The predicted molar refractivity (Wildman–Crippen MR) is 82.0 cm³/mol. The molecule has 0 saturated carbocycles. The van der Waals surface area contributed by atoms with E-state index in [-0.39, 0.29) is 11.9 Å². The molecule has 0 bridgehead atoms. The largest absolute Gasteiger partial charge is 0.370 e. The highest BCUT2D eigenvalue weighted by Crippen LogP contribution is 2.25. The second-order valence-electron chi connectivity index (χ2n) is 5.89. The number of benzene rings is 1. The van der Waals surface area contributed by atoms with E-state index in [1.54, 1.807) is 0 Å². The van der Waals surface area contributed by atoms with Gasteiger partial charge in [-0.3, -0.25) is 4.79 Å². The second kappa shape index (κ2) is 6.85. The standard InChI is InChI=1S/C18H24O2/c1-13-8-10-16(11-9-13)18(19)15(3)20-12-17-7-5-4-6-14(17)2/h4-5,8-11,14-15,17H,6-7,12H2,1-3H3. The summed E-state index contributed by atoms with van der Waals surface area (Å²) in [6, 6.07) is 7.69. The van der Waals surface area contributed by atoms with Crippen LogP contribution in [0.3, 0.4) is 0 Å². The maximum atomic E-state index is 12.3. The summed E-state index contributed by atoms with van der Waals surface area (Å²) in [6.07, 6.45) is 6.28. The number of Topliss-reactive ketones (excluding diaryl/α,β-unsaturated/α-hetero) is 1. The van der Waals surface area contributed by atoms with Gasteiger partial charge in [-0.15, -0.1) is 0 Å². The average molecular weight is 272 g/mol. The van der Waals surface area contributed by atoms with Crippen molar-refractivity contribution in [3.8, 4) is 0 Å². The van der Waals surface area contributed by atoms with Crippen molar-refractivity contribution < 1.29 is 9.53 Å². The smallest absolute Gasteiger partial charge is 0.191 e. The fraction of sp³-hybridized carbons (Fsp3) is 0.500. The molecule has 1 aromatic carbocycles. The third-order valence-electron chi connectivity index (χ3n) is 4.18. The third-order valence-corrected chi connectivity index (χ3v) is 4.18. The zero-order valence-electron chi connectivity index (χ0n) is 12.6. The van der Waals surface area contributed by atoms with Gasteiger partial charge in [-0.1, -0.05) is 48.9 Å². The minimum atomic E-state index is -0.365. The number of rotatable bonds is 5. The SMILES string of the molecule is Cc1ccc(C(=O)C(C)OCC2CC=CCC2C)cc1. The van der Waals surface area contributed by atoms with E-state index in [2.05, 4.69) is 19.1 Å². The highest BCUT2D eigenvalue weighted by Gasteiger charge is 2.22. The first-order valence-electron chi connectivity index (χ1n) is 7.45. The van der Waals surface area contributed by atoms with Crippen LogP contribution >= 0.6 is 0 Å². The van der Waals surface area contributed by atoms with Crippen LogP contribution in [-0.2, 0) is 4.74 Å². The molecule has 2 nitrogen and oxygen atoms in total. The molecule has 0 fully saturated rings. The number of aryl methyl sites for hydroxylation is 1. The summed E-state index contributed by atoms with van der Waals surface area (Å²) < 4.78 is 5.81. The Kier molecular flexibility index (Phi) is 5.13. The summed E-state index contributed by atoms with van der Waals surface area (Å²) in [5.74, 6) is 1.25. The number of ether oxygens (including phenoxy) is 1. The van der Waals surface area contributed by atoms with Crippen LogP contribution < -0.4 is 0 Å². The Bertz CT molecular complexity index is 473. The van der Waals surface area contributed by atoms with Crippen molar-refractivity contribution in [3.63, 3.8) is 0 Å². The van der Waals surface area contributed by atoms with Gasteiger partial charge in [0.1, 0.15) is 6.10 Å².